The maximum Gasteiger partial charge on any atom is 0.244 e. The van der Waals surface area contributed by atoms with Crippen LogP contribution in [0.15, 0.2) is 11.6 Å². The van der Waals surface area contributed by atoms with Crippen molar-refractivity contribution in [2.75, 3.05) is 32.8 Å². The normalized spacial score (nSPS) is 39.4. The lowest BCUT2D eigenvalue weighted by Crippen LogP contribution is -2.47. The molecule has 4 nitrogen and oxygen atoms in total. The quantitative estimate of drug-likeness (QED) is 0.778. The number of nitrogens with zero attached hydrogens (tertiary/aromatic N) is 1. The van der Waals surface area contributed by atoms with Gasteiger partial charge in [-0.1, -0.05) is 5.57 Å². The van der Waals surface area contributed by atoms with E-state index in [4.69, 9.17) is 4.74 Å². The first-order chi connectivity index (χ1) is 12.0. The summed E-state index contributed by atoms with van der Waals surface area (Å²) in [6.07, 6.45) is 10.3. The minimum atomic E-state index is 0.106. The Hall–Kier alpha value is -0.870. The number of amides is 1. The van der Waals surface area contributed by atoms with Gasteiger partial charge in [0.05, 0.1) is 13.2 Å². The van der Waals surface area contributed by atoms with Crippen molar-refractivity contribution >= 4 is 5.91 Å². The smallest absolute Gasteiger partial charge is 0.244 e. The lowest BCUT2D eigenvalue weighted by atomic mass is 9.48. The largest absolute Gasteiger partial charge is 0.379 e. The van der Waals surface area contributed by atoms with Gasteiger partial charge in [0, 0.05) is 31.8 Å². The molecule has 1 N–H and O–H groups in total. The first kappa shape index (κ1) is 17.5. The summed E-state index contributed by atoms with van der Waals surface area (Å²) < 4.78 is 5.39. The van der Waals surface area contributed by atoms with E-state index in [1.54, 1.807) is 0 Å². The van der Waals surface area contributed by atoms with Crippen LogP contribution in [0.25, 0.3) is 0 Å². The average Bonchev–Trinajstić information content (AvgIpc) is 2.54. The Kier molecular flexibility index (Phi) is 4.93. The van der Waals surface area contributed by atoms with Gasteiger partial charge in [0.15, 0.2) is 0 Å². The van der Waals surface area contributed by atoms with Crippen LogP contribution in [0.3, 0.4) is 0 Å². The van der Waals surface area contributed by atoms with E-state index < -0.39 is 0 Å². The number of carbonyl (C=O) groups excluding carboxylic acids is 1. The number of hydrogen-bond acceptors (Lipinski definition) is 3. The third-order valence-corrected chi connectivity index (χ3v) is 7.25. The van der Waals surface area contributed by atoms with Crippen LogP contribution >= 0.6 is 0 Å². The van der Waals surface area contributed by atoms with E-state index in [2.05, 4.69) is 24.1 Å². The first-order valence-corrected chi connectivity index (χ1v) is 10.3. The monoisotopic (exact) mass is 346 g/mol. The molecule has 25 heavy (non-hydrogen) atoms. The Morgan fingerprint density at radius 1 is 1.16 bits per heavy atom. The third kappa shape index (κ3) is 3.80. The first-order valence-electron chi connectivity index (χ1n) is 10.3. The van der Waals surface area contributed by atoms with E-state index in [1.807, 2.05) is 6.08 Å². The third-order valence-electron chi connectivity index (χ3n) is 7.25. The van der Waals surface area contributed by atoms with Gasteiger partial charge in [-0.2, -0.15) is 0 Å². The molecule has 4 bridgehead atoms. The van der Waals surface area contributed by atoms with Crippen molar-refractivity contribution in [3.05, 3.63) is 11.6 Å². The predicted octanol–water partition coefficient (Wildman–Crippen LogP) is 2.99. The molecule has 1 amide bonds. The van der Waals surface area contributed by atoms with Gasteiger partial charge in [-0.15, -0.1) is 0 Å². The van der Waals surface area contributed by atoms with Crippen LogP contribution in [-0.2, 0) is 9.53 Å². The average molecular weight is 347 g/mol. The minimum absolute atomic E-state index is 0.106. The van der Waals surface area contributed by atoms with Crippen LogP contribution < -0.4 is 5.32 Å². The van der Waals surface area contributed by atoms with Gasteiger partial charge >= 0.3 is 0 Å². The number of carbonyl (C=O) groups is 1. The molecule has 1 saturated heterocycles. The lowest BCUT2D eigenvalue weighted by Gasteiger charge is -2.57. The van der Waals surface area contributed by atoms with Crippen LogP contribution in [0, 0.1) is 23.2 Å². The van der Waals surface area contributed by atoms with E-state index in [0.717, 1.165) is 50.6 Å². The Labute approximate surface area is 152 Å². The summed E-state index contributed by atoms with van der Waals surface area (Å²) in [5, 5.41) is 3.19. The van der Waals surface area contributed by atoms with Crippen molar-refractivity contribution in [3.8, 4) is 0 Å². The Balaban J connectivity index is 1.34. The molecular formula is C21H34N2O2. The summed E-state index contributed by atoms with van der Waals surface area (Å²) in [6.45, 7) is 8.82. The summed E-state index contributed by atoms with van der Waals surface area (Å²) in [5.41, 5.74) is 1.70. The van der Waals surface area contributed by atoms with E-state index in [1.165, 1.54) is 44.1 Å². The number of rotatable bonds is 5. The highest BCUT2D eigenvalue weighted by molar-refractivity contribution is 5.88. The maximum absolute atomic E-state index is 12.6. The molecule has 140 valence electrons. The van der Waals surface area contributed by atoms with Gasteiger partial charge < -0.3 is 10.1 Å². The lowest BCUT2D eigenvalue weighted by molar-refractivity contribution is -0.117. The van der Waals surface area contributed by atoms with Crippen molar-refractivity contribution in [1.82, 2.24) is 10.2 Å². The minimum Gasteiger partial charge on any atom is -0.379 e. The molecule has 4 heteroatoms. The molecule has 0 spiro atoms. The van der Waals surface area contributed by atoms with Crippen molar-refractivity contribution in [3.63, 3.8) is 0 Å². The molecular weight excluding hydrogens is 312 g/mol. The van der Waals surface area contributed by atoms with Crippen LogP contribution in [0.1, 0.15) is 52.4 Å². The number of nitrogens with one attached hydrogen (secondary N) is 1. The zero-order valence-corrected chi connectivity index (χ0v) is 15.9. The standard InChI is InChI=1S/C21H34N2O2/c1-15(21-11-17-8-18(12-21)10-19(9-17)13-21)7-20(24)22-16(2)14-23-3-5-25-6-4-23/h7,16-19H,3-6,8-14H2,1-2H3,(H,22,24)/b15-7-/t16-,17?,18?,19?,21?/m1/s1. The molecule has 1 atom stereocenters. The maximum atomic E-state index is 12.6. The summed E-state index contributed by atoms with van der Waals surface area (Å²) in [5.74, 6) is 2.89. The van der Waals surface area contributed by atoms with Crippen LogP contribution in [0.2, 0.25) is 0 Å². The second kappa shape index (κ2) is 7.03. The van der Waals surface area contributed by atoms with Crippen LogP contribution in [-0.4, -0.2) is 49.7 Å². The van der Waals surface area contributed by atoms with Crippen molar-refractivity contribution in [2.24, 2.45) is 23.2 Å². The van der Waals surface area contributed by atoms with E-state index in [0.29, 0.717) is 5.41 Å². The highest BCUT2D eigenvalue weighted by Gasteiger charge is 2.51. The van der Waals surface area contributed by atoms with Gasteiger partial charge in [0.1, 0.15) is 0 Å². The van der Waals surface area contributed by atoms with E-state index >= 15 is 0 Å². The number of allylic oxidation sites excluding steroid dienone is 1. The van der Waals surface area contributed by atoms with Gasteiger partial charge in [0.25, 0.3) is 0 Å². The zero-order chi connectivity index (χ0) is 17.4. The fourth-order valence-corrected chi connectivity index (χ4v) is 6.44. The van der Waals surface area contributed by atoms with Crippen LogP contribution in [0.5, 0.6) is 0 Å². The van der Waals surface area contributed by atoms with Crippen molar-refractivity contribution < 1.29 is 9.53 Å². The summed E-state index contributed by atoms with van der Waals surface area (Å²) in [7, 11) is 0. The SMILES string of the molecule is C/C(=C/C(=O)N[C@H](C)CN1CCOCC1)C12CC3CC(CC(C3)C1)C2. The number of hydrogen-bond donors (Lipinski definition) is 1. The molecule has 1 heterocycles. The molecule has 0 radical (unpaired) electrons. The van der Waals surface area contributed by atoms with E-state index in [9.17, 15) is 4.79 Å². The molecule has 5 rings (SSSR count). The fraction of sp³-hybridized carbons (Fsp3) is 0.857. The molecule has 5 fully saturated rings. The predicted molar refractivity (Wildman–Crippen MR) is 99.2 cm³/mol. The fourth-order valence-electron chi connectivity index (χ4n) is 6.44. The highest BCUT2D eigenvalue weighted by atomic mass is 16.5. The molecule has 0 aromatic rings. The van der Waals surface area contributed by atoms with Crippen molar-refractivity contribution in [1.29, 1.82) is 0 Å². The zero-order valence-electron chi connectivity index (χ0n) is 15.9. The second-order valence-corrected chi connectivity index (χ2v) is 9.35. The molecule has 1 aliphatic heterocycles. The molecule has 4 aliphatic carbocycles. The van der Waals surface area contributed by atoms with Gasteiger partial charge in [-0.25, -0.2) is 0 Å². The molecule has 0 unspecified atom stereocenters. The summed E-state index contributed by atoms with van der Waals surface area (Å²) >= 11 is 0. The Morgan fingerprint density at radius 3 is 2.28 bits per heavy atom. The molecule has 5 aliphatic rings. The van der Waals surface area contributed by atoms with Crippen LogP contribution in [0.4, 0.5) is 0 Å². The second-order valence-electron chi connectivity index (χ2n) is 9.35. The Morgan fingerprint density at radius 2 is 1.72 bits per heavy atom. The van der Waals surface area contributed by atoms with Gasteiger partial charge in [0.2, 0.25) is 5.91 Å². The number of ether oxygens (including phenoxy) is 1. The molecule has 4 saturated carbocycles. The number of morpholine rings is 1. The Bertz CT molecular complexity index is 501. The topological polar surface area (TPSA) is 41.6 Å². The van der Waals surface area contributed by atoms with E-state index in [-0.39, 0.29) is 11.9 Å². The molecule has 0 aromatic heterocycles. The molecule has 0 aromatic carbocycles. The highest BCUT2D eigenvalue weighted by Crippen LogP contribution is 2.62. The summed E-state index contributed by atoms with van der Waals surface area (Å²) in [6, 6.07) is 0.186. The van der Waals surface area contributed by atoms with Gasteiger partial charge in [-0.05, 0) is 75.5 Å². The summed E-state index contributed by atoms with van der Waals surface area (Å²) in [4.78, 5) is 14.9. The van der Waals surface area contributed by atoms with Gasteiger partial charge in [-0.3, -0.25) is 9.69 Å². The van der Waals surface area contributed by atoms with Crippen molar-refractivity contribution in [2.45, 2.75) is 58.4 Å².